The largest absolute Gasteiger partial charge is 0.391 e. The summed E-state index contributed by atoms with van der Waals surface area (Å²) in [6.07, 6.45) is 1.73. The van der Waals surface area contributed by atoms with Crippen LogP contribution in [0.15, 0.2) is 42.6 Å². The minimum atomic E-state index is -0.594. The van der Waals surface area contributed by atoms with Crippen molar-refractivity contribution in [2.24, 2.45) is 0 Å². The molecule has 1 heterocycles. The average molecular weight is 301 g/mol. The van der Waals surface area contributed by atoms with Gasteiger partial charge in [0.05, 0.1) is 6.10 Å². The molecule has 2 aromatic rings. The van der Waals surface area contributed by atoms with Gasteiger partial charge in [-0.1, -0.05) is 30.3 Å². The molecule has 1 amide bonds. The third-order valence-corrected chi connectivity index (χ3v) is 3.50. The molecule has 0 aliphatic carbocycles. The molecule has 0 saturated heterocycles. The van der Waals surface area contributed by atoms with E-state index >= 15 is 0 Å². The Labute approximate surface area is 131 Å². The molecule has 1 N–H and O–H groups in total. The summed E-state index contributed by atoms with van der Waals surface area (Å²) in [6, 6.07) is 11.7. The summed E-state index contributed by atoms with van der Waals surface area (Å²) in [6.45, 7) is 4.30. The quantitative estimate of drug-likeness (QED) is 0.889. The van der Waals surface area contributed by atoms with Crippen LogP contribution in [0.25, 0.3) is 0 Å². The Hall–Kier alpha value is -2.14. The van der Waals surface area contributed by atoms with E-state index in [1.54, 1.807) is 24.0 Å². The molecular weight excluding hydrogens is 278 g/mol. The number of carbonyl (C=O) groups excluding carboxylic acids is 1. The lowest BCUT2D eigenvalue weighted by Crippen LogP contribution is -2.35. The van der Waals surface area contributed by atoms with Crippen molar-refractivity contribution in [1.82, 2.24) is 14.7 Å². The maximum Gasteiger partial charge on any atom is 0.274 e. The number of likely N-dealkylation sites (N-methyl/N-ethyl adjacent to an activating group) is 1. The van der Waals surface area contributed by atoms with E-state index in [2.05, 4.69) is 5.10 Å². The number of benzene rings is 1. The molecule has 0 saturated carbocycles. The van der Waals surface area contributed by atoms with E-state index in [-0.39, 0.29) is 18.5 Å². The molecule has 0 spiro atoms. The Balaban J connectivity index is 1.92. The van der Waals surface area contributed by atoms with Gasteiger partial charge in [-0.25, -0.2) is 0 Å². The Morgan fingerprint density at radius 1 is 1.27 bits per heavy atom. The smallest absolute Gasteiger partial charge is 0.274 e. The first-order valence-corrected chi connectivity index (χ1v) is 7.50. The molecule has 5 heteroatoms. The SMILES string of the molecule is CC(C)n1ccc(C(=O)N(C)CC(O)Cc2ccccc2)n1. The van der Waals surface area contributed by atoms with Crippen molar-refractivity contribution < 1.29 is 9.90 Å². The van der Waals surface area contributed by atoms with Crippen molar-refractivity contribution in [2.75, 3.05) is 13.6 Å². The molecule has 22 heavy (non-hydrogen) atoms. The molecule has 0 aliphatic rings. The van der Waals surface area contributed by atoms with E-state index in [0.29, 0.717) is 12.1 Å². The molecule has 1 aromatic heterocycles. The van der Waals surface area contributed by atoms with Crippen LogP contribution >= 0.6 is 0 Å². The summed E-state index contributed by atoms with van der Waals surface area (Å²) >= 11 is 0. The minimum Gasteiger partial charge on any atom is -0.391 e. The number of nitrogens with zero attached hydrogens (tertiary/aromatic N) is 3. The summed E-state index contributed by atoms with van der Waals surface area (Å²) in [7, 11) is 1.69. The van der Waals surface area contributed by atoms with Crippen molar-refractivity contribution in [3.8, 4) is 0 Å². The highest BCUT2D eigenvalue weighted by Gasteiger charge is 2.18. The van der Waals surface area contributed by atoms with Crippen molar-refractivity contribution in [1.29, 1.82) is 0 Å². The van der Waals surface area contributed by atoms with Crippen LogP contribution in [-0.4, -0.2) is 45.4 Å². The lowest BCUT2D eigenvalue weighted by molar-refractivity contribution is 0.0675. The first kappa shape index (κ1) is 16.2. The van der Waals surface area contributed by atoms with Crippen molar-refractivity contribution in [3.05, 3.63) is 53.9 Å². The fraction of sp³-hybridized carbons (Fsp3) is 0.412. The van der Waals surface area contributed by atoms with E-state index in [1.807, 2.05) is 44.2 Å². The number of amides is 1. The van der Waals surface area contributed by atoms with Gasteiger partial charge < -0.3 is 10.0 Å². The monoisotopic (exact) mass is 301 g/mol. The number of hydrogen-bond donors (Lipinski definition) is 1. The van der Waals surface area contributed by atoms with E-state index in [4.69, 9.17) is 0 Å². The first-order chi connectivity index (χ1) is 10.5. The van der Waals surface area contributed by atoms with Gasteiger partial charge in [-0.15, -0.1) is 0 Å². The van der Waals surface area contributed by atoms with E-state index in [0.717, 1.165) is 5.56 Å². The number of hydrogen-bond acceptors (Lipinski definition) is 3. The van der Waals surface area contributed by atoms with Gasteiger partial charge in [0, 0.05) is 32.3 Å². The van der Waals surface area contributed by atoms with Crippen molar-refractivity contribution in [3.63, 3.8) is 0 Å². The zero-order valence-corrected chi connectivity index (χ0v) is 13.3. The second kappa shape index (κ2) is 7.22. The van der Waals surface area contributed by atoms with Crippen molar-refractivity contribution >= 4 is 5.91 Å². The third-order valence-electron chi connectivity index (χ3n) is 3.50. The number of aliphatic hydroxyl groups excluding tert-OH is 1. The first-order valence-electron chi connectivity index (χ1n) is 7.50. The molecule has 0 bridgehead atoms. The summed E-state index contributed by atoms with van der Waals surface area (Å²) < 4.78 is 1.75. The van der Waals surface area contributed by atoms with Crippen LogP contribution in [0.5, 0.6) is 0 Å². The van der Waals surface area contributed by atoms with Crippen LogP contribution in [-0.2, 0) is 6.42 Å². The molecule has 0 fully saturated rings. The minimum absolute atomic E-state index is 0.175. The zero-order chi connectivity index (χ0) is 16.1. The average Bonchev–Trinajstić information content (AvgIpc) is 2.97. The van der Waals surface area contributed by atoms with Crippen LogP contribution in [0.3, 0.4) is 0 Å². The Bertz CT molecular complexity index is 607. The van der Waals surface area contributed by atoms with Crippen molar-refractivity contribution in [2.45, 2.75) is 32.4 Å². The number of rotatable bonds is 6. The maximum atomic E-state index is 12.3. The lowest BCUT2D eigenvalue weighted by atomic mass is 10.1. The molecule has 1 unspecified atom stereocenters. The highest BCUT2D eigenvalue weighted by Crippen LogP contribution is 2.08. The number of carbonyl (C=O) groups is 1. The fourth-order valence-electron chi connectivity index (χ4n) is 2.29. The van der Waals surface area contributed by atoms with Gasteiger partial charge in [0.1, 0.15) is 5.69 Å². The van der Waals surface area contributed by atoms with Gasteiger partial charge >= 0.3 is 0 Å². The zero-order valence-electron chi connectivity index (χ0n) is 13.3. The van der Waals surface area contributed by atoms with Crippen LogP contribution < -0.4 is 0 Å². The summed E-state index contributed by atoms with van der Waals surface area (Å²) in [5, 5.41) is 14.4. The predicted molar refractivity (Wildman–Crippen MR) is 85.7 cm³/mol. The summed E-state index contributed by atoms with van der Waals surface area (Å²) in [5.41, 5.74) is 1.46. The Morgan fingerprint density at radius 2 is 1.95 bits per heavy atom. The van der Waals surface area contributed by atoms with E-state index in [9.17, 15) is 9.90 Å². The fourth-order valence-corrected chi connectivity index (χ4v) is 2.29. The van der Waals surface area contributed by atoms with Crippen LogP contribution in [0.4, 0.5) is 0 Å². The summed E-state index contributed by atoms with van der Waals surface area (Å²) in [5.74, 6) is -0.175. The van der Waals surface area contributed by atoms with E-state index in [1.165, 1.54) is 4.90 Å². The van der Waals surface area contributed by atoms with Gasteiger partial charge in [-0.2, -0.15) is 5.10 Å². The number of aromatic nitrogens is 2. The van der Waals surface area contributed by atoms with Crippen LogP contribution in [0.1, 0.15) is 35.9 Å². The van der Waals surface area contributed by atoms with Gasteiger partial charge in [-0.05, 0) is 25.5 Å². The highest BCUT2D eigenvalue weighted by atomic mass is 16.3. The maximum absolute atomic E-state index is 12.3. The Kier molecular flexibility index (Phi) is 5.33. The molecular formula is C17H23N3O2. The third kappa shape index (κ3) is 4.18. The molecule has 1 aromatic carbocycles. The van der Waals surface area contributed by atoms with Gasteiger partial charge in [0.15, 0.2) is 0 Å². The second-order valence-electron chi connectivity index (χ2n) is 5.80. The molecule has 1 atom stereocenters. The Morgan fingerprint density at radius 3 is 2.55 bits per heavy atom. The normalized spacial score (nSPS) is 12.4. The van der Waals surface area contributed by atoms with Crippen LogP contribution in [0, 0.1) is 0 Å². The standard InChI is InChI=1S/C17H23N3O2/c1-13(2)20-10-9-16(18-20)17(22)19(3)12-15(21)11-14-7-5-4-6-8-14/h4-10,13,15,21H,11-12H2,1-3H3. The van der Waals surface area contributed by atoms with Gasteiger partial charge in [-0.3, -0.25) is 9.48 Å². The molecule has 0 aliphatic heterocycles. The van der Waals surface area contributed by atoms with Gasteiger partial charge in [0.25, 0.3) is 5.91 Å². The molecule has 5 nitrogen and oxygen atoms in total. The molecule has 118 valence electrons. The van der Waals surface area contributed by atoms with E-state index < -0.39 is 6.10 Å². The predicted octanol–water partition coefficient (Wildman–Crippen LogP) is 2.14. The second-order valence-corrected chi connectivity index (χ2v) is 5.80. The summed E-state index contributed by atoms with van der Waals surface area (Å²) in [4.78, 5) is 13.8. The number of aliphatic hydroxyl groups is 1. The molecule has 0 radical (unpaired) electrons. The lowest BCUT2D eigenvalue weighted by Gasteiger charge is -2.20. The highest BCUT2D eigenvalue weighted by molar-refractivity contribution is 5.92. The van der Waals surface area contributed by atoms with Gasteiger partial charge in [0.2, 0.25) is 0 Å². The molecule has 2 rings (SSSR count). The van der Waals surface area contributed by atoms with Crippen LogP contribution in [0.2, 0.25) is 0 Å². The topological polar surface area (TPSA) is 58.4 Å².